The average Bonchev–Trinajstić information content (AvgIpc) is 2.44. The van der Waals surface area contributed by atoms with Gasteiger partial charge in [0, 0.05) is 39.6 Å². The van der Waals surface area contributed by atoms with Gasteiger partial charge in [-0.05, 0) is 19.3 Å². The second kappa shape index (κ2) is 8.09. The van der Waals surface area contributed by atoms with Crippen LogP contribution >= 0.6 is 0 Å². The number of nitrogens with zero attached hydrogens (tertiary/aromatic N) is 2. The SMILES string of the molecule is CCCC(O)CNC(=O)C1CCN(C(=O)N(C)C)CC1. The van der Waals surface area contributed by atoms with Crippen LogP contribution in [0.15, 0.2) is 0 Å². The fraction of sp³-hybridized carbons (Fsp3) is 0.857. The van der Waals surface area contributed by atoms with Crippen LogP contribution in [0.5, 0.6) is 0 Å². The number of rotatable bonds is 5. The topological polar surface area (TPSA) is 72.9 Å². The van der Waals surface area contributed by atoms with E-state index in [0.717, 1.165) is 6.42 Å². The number of carbonyl (C=O) groups is 2. The first-order valence-corrected chi connectivity index (χ1v) is 7.37. The number of aliphatic hydroxyl groups excluding tert-OH is 1. The van der Waals surface area contributed by atoms with Gasteiger partial charge in [-0.25, -0.2) is 4.79 Å². The summed E-state index contributed by atoms with van der Waals surface area (Å²) in [6.45, 7) is 3.56. The third-order valence-corrected chi connectivity index (χ3v) is 3.65. The number of carbonyl (C=O) groups excluding carboxylic acids is 2. The number of hydrogen-bond donors (Lipinski definition) is 2. The summed E-state index contributed by atoms with van der Waals surface area (Å²) in [6.07, 6.45) is 2.53. The molecule has 0 aromatic heterocycles. The molecular weight excluding hydrogens is 258 g/mol. The van der Waals surface area contributed by atoms with Crippen molar-refractivity contribution in [3.05, 3.63) is 0 Å². The molecule has 0 aliphatic carbocycles. The molecule has 116 valence electrons. The summed E-state index contributed by atoms with van der Waals surface area (Å²) in [7, 11) is 3.46. The highest BCUT2D eigenvalue weighted by Gasteiger charge is 2.27. The molecule has 0 saturated carbocycles. The summed E-state index contributed by atoms with van der Waals surface area (Å²) in [6, 6.07) is 0.00206. The summed E-state index contributed by atoms with van der Waals surface area (Å²) in [5, 5.41) is 12.4. The molecule has 0 spiro atoms. The third kappa shape index (κ3) is 5.00. The van der Waals surface area contributed by atoms with E-state index in [1.54, 1.807) is 23.9 Å². The quantitative estimate of drug-likeness (QED) is 0.779. The molecule has 1 heterocycles. The Morgan fingerprint density at radius 2 is 1.95 bits per heavy atom. The molecule has 1 unspecified atom stereocenters. The van der Waals surface area contributed by atoms with Gasteiger partial charge in [0.25, 0.3) is 0 Å². The molecule has 0 aromatic carbocycles. The Kier molecular flexibility index (Phi) is 6.78. The van der Waals surface area contributed by atoms with Gasteiger partial charge in [-0.1, -0.05) is 13.3 Å². The minimum absolute atomic E-state index is 0.00206. The van der Waals surface area contributed by atoms with Crippen molar-refractivity contribution in [1.82, 2.24) is 15.1 Å². The van der Waals surface area contributed by atoms with E-state index in [1.165, 1.54) is 0 Å². The Hall–Kier alpha value is -1.30. The molecule has 20 heavy (non-hydrogen) atoms. The van der Waals surface area contributed by atoms with Crippen molar-refractivity contribution >= 4 is 11.9 Å². The number of hydrogen-bond acceptors (Lipinski definition) is 3. The maximum absolute atomic E-state index is 12.0. The lowest BCUT2D eigenvalue weighted by atomic mass is 9.96. The highest BCUT2D eigenvalue weighted by atomic mass is 16.3. The third-order valence-electron chi connectivity index (χ3n) is 3.65. The Balaban J connectivity index is 2.30. The van der Waals surface area contributed by atoms with Gasteiger partial charge in [-0.15, -0.1) is 0 Å². The monoisotopic (exact) mass is 285 g/mol. The van der Waals surface area contributed by atoms with Gasteiger partial charge >= 0.3 is 6.03 Å². The maximum atomic E-state index is 12.0. The summed E-state index contributed by atoms with van der Waals surface area (Å²) in [4.78, 5) is 27.1. The largest absolute Gasteiger partial charge is 0.391 e. The Labute approximate surface area is 121 Å². The lowest BCUT2D eigenvalue weighted by Gasteiger charge is -2.33. The summed E-state index contributed by atoms with van der Waals surface area (Å²) >= 11 is 0. The first-order valence-electron chi connectivity index (χ1n) is 7.37. The highest BCUT2D eigenvalue weighted by Crippen LogP contribution is 2.18. The zero-order valence-electron chi connectivity index (χ0n) is 12.8. The van der Waals surface area contributed by atoms with Crippen molar-refractivity contribution in [1.29, 1.82) is 0 Å². The molecule has 2 N–H and O–H groups in total. The molecule has 1 aliphatic rings. The van der Waals surface area contributed by atoms with Crippen LogP contribution in [0.25, 0.3) is 0 Å². The Morgan fingerprint density at radius 3 is 2.45 bits per heavy atom. The molecule has 6 nitrogen and oxygen atoms in total. The van der Waals surface area contributed by atoms with E-state index in [4.69, 9.17) is 0 Å². The van der Waals surface area contributed by atoms with Crippen molar-refractivity contribution in [3.8, 4) is 0 Å². The van der Waals surface area contributed by atoms with Crippen LogP contribution in [0.1, 0.15) is 32.6 Å². The van der Waals surface area contributed by atoms with Crippen LogP contribution in [0.3, 0.4) is 0 Å². The predicted molar refractivity (Wildman–Crippen MR) is 77.3 cm³/mol. The van der Waals surface area contributed by atoms with E-state index in [1.807, 2.05) is 6.92 Å². The maximum Gasteiger partial charge on any atom is 0.319 e. The number of piperidine rings is 1. The fourth-order valence-electron chi connectivity index (χ4n) is 2.41. The normalized spacial score (nSPS) is 17.7. The molecule has 0 aromatic rings. The molecule has 1 fully saturated rings. The van der Waals surface area contributed by atoms with Crippen molar-refractivity contribution in [2.24, 2.45) is 5.92 Å². The lowest BCUT2D eigenvalue weighted by molar-refractivity contribution is -0.126. The summed E-state index contributed by atoms with van der Waals surface area (Å²) in [5.74, 6) is -0.0489. The van der Waals surface area contributed by atoms with Crippen LogP contribution in [0.2, 0.25) is 0 Å². The van der Waals surface area contributed by atoms with Crippen molar-refractivity contribution in [3.63, 3.8) is 0 Å². The van der Waals surface area contributed by atoms with Gasteiger partial charge in [0.15, 0.2) is 0 Å². The molecule has 1 aliphatic heterocycles. The van der Waals surface area contributed by atoms with Crippen LogP contribution in [-0.4, -0.2) is 66.7 Å². The van der Waals surface area contributed by atoms with Crippen molar-refractivity contribution in [2.75, 3.05) is 33.7 Å². The number of amides is 3. The van der Waals surface area contributed by atoms with E-state index in [0.29, 0.717) is 38.9 Å². The lowest BCUT2D eigenvalue weighted by Crippen LogP contribution is -2.47. The first kappa shape index (κ1) is 16.8. The van der Waals surface area contributed by atoms with Gasteiger partial charge < -0.3 is 20.2 Å². The predicted octanol–water partition coefficient (Wildman–Crippen LogP) is 0.657. The van der Waals surface area contributed by atoms with E-state index < -0.39 is 6.10 Å². The van der Waals surface area contributed by atoms with Gasteiger partial charge in [-0.3, -0.25) is 4.79 Å². The standard InChI is InChI=1S/C14H27N3O3/c1-4-5-12(18)10-15-13(19)11-6-8-17(9-7-11)14(20)16(2)3/h11-12,18H,4-10H2,1-3H3,(H,15,19). The number of aliphatic hydroxyl groups is 1. The average molecular weight is 285 g/mol. The Morgan fingerprint density at radius 1 is 1.35 bits per heavy atom. The van der Waals surface area contributed by atoms with E-state index in [9.17, 15) is 14.7 Å². The van der Waals surface area contributed by atoms with Gasteiger partial charge in [0.05, 0.1) is 6.10 Å². The van der Waals surface area contributed by atoms with Crippen LogP contribution in [0, 0.1) is 5.92 Å². The van der Waals surface area contributed by atoms with E-state index in [2.05, 4.69) is 5.32 Å². The zero-order valence-corrected chi connectivity index (χ0v) is 12.8. The van der Waals surface area contributed by atoms with Gasteiger partial charge in [0.2, 0.25) is 5.91 Å². The highest BCUT2D eigenvalue weighted by molar-refractivity contribution is 5.79. The minimum atomic E-state index is -0.459. The molecule has 1 rings (SSSR count). The van der Waals surface area contributed by atoms with Crippen molar-refractivity contribution in [2.45, 2.75) is 38.7 Å². The van der Waals surface area contributed by atoms with Crippen molar-refractivity contribution < 1.29 is 14.7 Å². The molecule has 0 radical (unpaired) electrons. The summed E-state index contributed by atoms with van der Waals surface area (Å²) < 4.78 is 0. The van der Waals surface area contributed by atoms with Gasteiger partial charge in [-0.2, -0.15) is 0 Å². The second-order valence-electron chi connectivity index (χ2n) is 5.63. The zero-order chi connectivity index (χ0) is 15.1. The fourth-order valence-corrected chi connectivity index (χ4v) is 2.41. The minimum Gasteiger partial charge on any atom is -0.391 e. The smallest absolute Gasteiger partial charge is 0.319 e. The number of nitrogens with one attached hydrogen (secondary N) is 1. The van der Waals surface area contributed by atoms with Crippen LogP contribution < -0.4 is 5.32 Å². The molecular formula is C14H27N3O3. The number of urea groups is 1. The molecule has 6 heteroatoms. The molecule has 3 amide bonds. The summed E-state index contributed by atoms with van der Waals surface area (Å²) in [5.41, 5.74) is 0. The molecule has 1 atom stereocenters. The van der Waals surface area contributed by atoms with E-state index >= 15 is 0 Å². The van der Waals surface area contributed by atoms with Crippen LogP contribution in [0.4, 0.5) is 4.79 Å². The van der Waals surface area contributed by atoms with E-state index in [-0.39, 0.29) is 17.9 Å². The van der Waals surface area contributed by atoms with Gasteiger partial charge in [0.1, 0.15) is 0 Å². The first-order chi connectivity index (χ1) is 9.45. The molecule has 1 saturated heterocycles. The Bertz CT molecular complexity index is 326. The van der Waals surface area contributed by atoms with Crippen LogP contribution in [-0.2, 0) is 4.79 Å². The number of likely N-dealkylation sites (tertiary alicyclic amines) is 1. The molecule has 0 bridgehead atoms. The second-order valence-corrected chi connectivity index (χ2v) is 5.63.